The molecule has 0 aliphatic carbocycles. The Balaban J connectivity index is 1.51. The molecule has 3 amide bonds. The summed E-state index contributed by atoms with van der Waals surface area (Å²) in [5.74, 6) is 0.0195. The second-order valence-corrected chi connectivity index (χ2v) is 8.19. The second-order valence-electron chi connectivity index (χ2n) is 7.78. The third-order valence-electron chi connectivity index (χ3n) is 5.74. The molecule has 2 aliphatic heterocycles. The fraction of sp³-hybridized carbons (Fsp3) is 0.550. The van der Waals surface area contributed by atoms with Gasteiger partial charge in [-0.05, 0) is 49.3 Å². The van der Waals surface area contributed by atoms with Gasteiger partial charge in [-0.3, -0.25) is 19.7 Å². The number of amides is 3. The van der Waals surface area contributed by atoms with E-state index in [2.05, 4.69) is 17.4 Å². The average molecular weight is 377 g/mol. The first-order chi connectivity index (χ1) is 12.3. The number of carbonyl (C=O) groups is 3. The van der Waals surface area contributed by atoms with Gasteiger partial charge in [-0.25, -0.2) is 0 Å². The van der Waals surface area contributed by atoms with Gasteiger partial charge in [0, 0.05) is 31.0 Å². The second kappa shape index (κ2) is 7.39. The quantitative estimate of drug-likeness (QED) is 0.820. The van der Waals surface area contributed by atoms with E-state index in [1.54, 1.807) is 6.92 Å². The number of imide groups is 1. The Bertz CT molecular complexity index is 741. The van der Waals surface area contributed by atoms with Crippen LogP contribution in [0.3, 0.4) is 0 Å². The third kappa shape index (κ3) is 3.93. The molecule has 5 nitrogen and oxygen atoms in total. The van der Waals surface area contributed by atoms with Gasteiger partial charge in [-0.2, -0.15) is 0 Å². The van der Waals surface area contributed by atoms with Crippen LogP contribution in [0.25, 0.3) is 0 Å². The van der Waals surface area contributed by atoms with E-state index in [9.17, 15) is 14.4 Å². The molecule has 0 aromatic heterocycles. The molecule has 0 bridgehead atoms. The first kappa shape index (κ1) is 18.9. The minimum Gasteiger partial charge on any atom is -0.343 e. The molecule has 0 unspecified atom stereocenters. The molecule has 140 valence electrons. The Hall–Kier alpha value is -1.88. The highest BCUT2D eigenvalue weighted by Crippen LogP contribution is 2.34. The van der Waals surface area contributed by atoms with Crippen LogP contribution in [0.1, 0.15) is 56.1 Å². The SMILES string of the molecule is Cc1cc(C2CCN(C(=O)CC[C@@]3(C)CC(=O)NC3=O)CC2)ccc1Cl. The molecule has 2 heterocycles. The van der Waals surface area contributed by atoms with Crippen molar-refractivity contribution < 1.29 is 14.4 Å². The average Bonchev–Trinajstić information content (AvgIpc) is 2.87. The van der Waals surface area contributed by atoms with Gasteiger partial charge in [-0.15, -0.1) is 0 Å². The third-order valence-corrected chi connectivity index (χ3v) is 6.17. The van der Waals surface area contributed by atoms with Crippen molar-refractivity contribution in [2.45, 2.75) is 51.9 Å². The highest BCUT2D eigenvalue weighted by Gasteiger charge is 2.42. The zero-order chi connectivity index (χ0) is 18.9. The lowest BCUT2D eigenvalue weighted by Gasteiger charge is -2.33. The number of benzene rings is 1. The van der Waals surface area contributed by atoms with Crippen LogP contribution in [0.5, 0.6) is 0 Å². The number of aryl methyl sites for hydroxylation is 1. The summed E-state index contributed by atoms with van der Waals surface area (Å²) >= 11 is 6.10. The Kier molecular flexibility index (Phi) is 5.37. The first-order valence-electron chi connectivity index (χ1n) is 9.16. The summed E-state index contributed by atoms with van der Waals surface area (Å²) in [6.07, 6.45) is 2.77. The van der Waals surface area contributed by atoms with Gasteiger partial charge >= 0.3 is 0 Å². The van der Waals surface area contributed by atoms with E-state index in [4.69, 9.17) is 11.6 Å². The summed E-state index contributed by atoms with van der Waals surface area (Å²) < 4.78 is 0. The van der Waals surface area contributed by atoms with E-state index in [-0.39, 0.29) is 24.1 Å². The van der Waals surface area contributed by atoms with E-state index in [1.807, 2.05) is 17.9 Å². The van der Waals surface area contributed by atoms with Gasteiger partial charge in [0.25, 0.3) is 0 Å². The minimum atomic E-state index is -0.744. The fourth-order valence-electron chi connectivity index (χ4n) is 3.88. The van der Waals surface area contributed by atoms with Gasteiger partial charge < -0.3 is 4.90 Å². The van der Waals surface area contributed by atoms with Gasteiger partial charge in [-0.1, -0.05) is 30.7 Å². The lowest BCUT2D eigenvalue weighted by Crippen LogP contribution is -2.39. The zero-order valence-electron chi connectivity index (χ0n) is 15.3. The van der Waals surface area contributed by atoms with Crippen LogP contribution in [0.15, 0.2) is 18.2 Å². The predicted octanol–water partition coefficient (Wildman–Crippen LogP) is 3.19. The topological polar surface area (TPSA) is 66.5 Å². The minimum absolute atomic E-state index is 0.0733. The molecule has 0 radical (unpaired) electrons. The maximum atomic E-state index is 12.5. The largest absolute Gasteiger partial charge is 0.343 e. The van der Waals surface area contributed by atoms with Crippen LogP contribution in [-0.4, -0.2) is 35.7 Å². The number of hydrogen-bond acceptors (Lipinski definition) is 3. The molecule has 6 heteroatoms. The lowest BCUT2D eigenvalue weighted by molar-refractivity contribution is -0.133. The van der Waals surface area contributed by atoms with Crippen molar-refractivity contribution in [2.75, 3.05) is 13.1 Å². The maximum Gasteiger partial charge on any atom is 0.233 e. The van der Waals surface area contributed by atoms with Crippen molar-refractivity contribution in [1.29, 1.82) is 0 Å². The van der Waals surface area contributed by atoms with Crippen molar-refractivity contribution in [1.82, 2.24) is 10.2 Å². The molecule has 3 rings (SSSR count). The first-order valence-corrected chi connectivity index (χ1v) is 9.54. The Morgan fingerprint density at radius 1 is 1.31 bits per heavy atom. The Morgan fingerprint density at radius 2 is 2.00 bits per heavy atom. The van der Waals surface area contributed by atoms with E-state index >= 15 is 0 Å². The summed E-state index contributed by atoms with van der Waals surface area (Å²) in [5.41, 5.74) is 1.62. The summed E-state index contributed by atoms with van der Waals surface area (Å²) in [7, 11) is 0. The molecular formula is C20H25ClN2O3. The maximum absolute atomic E-state index is 12.5. The fourth-order valence-corrected chi connectivity index (χ4v) is 4.00. The summed E-state index contributed by atoms with van der Waals surface area (Å²) in [6.45, 7) is 5.23. The van der Waals surface area contributed by atoms with Gasteiger partial charge in [0.15, 0.2) is 0 Å². The van der Waals surface area contributed by atoms with Gasteiger partial charge in [0.2, 0.25) is 17.7 Å². The number of piperidine rings is 1. The number of carbonyl (C=O) groups excluding carboxylic acids is 3. The smallest absolute Gasteiger partial charge is 0.233 e. The molecule has 1 atom stereocenters. The molecule has 1 aromatic rings. The lowest BCUT2D eigenvalue weighted by atomic mass is 9.83. The van der Waals surface area contributed by atoms with Crippen molar-refractivity contribution >= 4 is 29.3 Å². The van der Waals surface area contributed by atoms with Crippen molar-refractivity contribution in [2.24, 2.45) is 5.41 Å². The normalized spacial score (nSPS) is 24.0. The van der Waals surface area contributed by atoms with E-state index in [0.29, 0.717) is 18.8 Å². The molecule has 2 aliphatic rings. The summed E-state index contributed by atoms with van der Waals surface area (Å²) in [5, 5.41) is 3.11. The van der Waals surface area contributed by atoms with Crippen LogP contribution in [0, 0.1) is 12.3 Å². The van der Waals surface area contributed by atoms with Crippen LogP contribution >= 0.6 is 11.6 Å². The number of hydrogen-bond donors (Lipinski definition) is 1. The molecular weight excluding hydrogens is 352 g/mol. The molecule has 0 spiro atoms. The zero-order valence-corrected chi connectivity index (χ0v) is 16.1. The predicted molar refractivity (Wildman–Crippen MR) is 99.9 cm³/mol. The molecule has 2 saturated heterocycles. The van der Waals surface area contributed by atoms with Gasteiger partial charge in [0.05, 0.1) is 5.41 Å². The van der Waals surface area contributed by atoms with E-state index < -0.39 is 5.41 Å². The summed E-state index contributed by atoms with van der Waals surface area (Å²) in [4.78, 5) is 37.7. The van der Waals surface area contributed by atoms with E-state index in [1.165, 1.54) is 5.56 Å². The molecule has 1 N–H and O–H groups in total. The molecule has 0 saturated carbocycles. The summed E-state index contributed by atoms with van der Waals surface area (Å²) in [6, 6.07) is 6.16. The number of rotatable bonds is 4. The van der Waals surface area contributed by atoms with Crippen LogP contribution in [0.4, 0.5) is 0 Å². The van der Waals surface area contributed by atoms with Crippen LogP contribution in [-0.2, 0) is 14.4 Å². The highest BCUT2D eigenvalue weighted by molar-refractivity contribution is 6.31. The highest BCUT2D eigenvalue weighted by atomic mass is 35.5. The van der Waals surface area contributed by atoms with Crippen LogP contribution in [0.2, 0.25) is 5.02 Å². The molecule has 1 aromatic carbocycles. The standard InChI is InChI=1S/C20H25ClN2O3/c1-13-11-15(3-4-16(13)21)14-6-9-23(10-7-14)18(25)5-8-20(2)12-17(24)22-19(20)26/h3-4,11,14H,5-10,12H2,1-2H3,(H,22,24,26)/t20-/m0/s1. The molecule has 2 fully saturated rings. The number of nitrogens with zero attached hydrogens (tertiary/aromatic N) is 1. The number of nitrogens with one attached hydrogen (secondary N) is 1. The van der Waals surface area contributed by atoms with E-state index in [0.717, 1.165) is 36.5 Å². The Labute approximate surface area is 159 Å². The van der Waals surface area contributed by atoms with Crippen molar-refractivity contribution in [3.63, 3.8) is 0 Å². The number of likely N-dealkylation sites (tertiary alicyclic amines) is 1. The number of halogens is 1. The van der Waals surface area contributed by atoms with Crippen molar-refractivity contribution in [3.8, 4) is 0 Å². The van der Waals surface area contributed by atoms with Crippen LogP contribution < -0.4 is 5.32 Å². The van der Waals surface area contributed by atoms with Crippen molar-refractivity contribution in [3.05, 3.63) is 34.3 Å². The van der Waals surface area contributed by atoms with Gasteiger partial charge in [0.1, 0.15) is 0 Å². The monoisotopic (exact) mass is 376 g/mol. The Morgan fingerprint density at radius 3 is 2.58 bits per heavy atom. The molecule has 26 heavy (non-hydrogen) atoms.